The summed E-state index contributed by atoms with van der Waals surface area (Å²) < 4.78 is 39.4. The van der Waals surface area contributed by atoms with Crippen molar-refractivity contribution in [2.45, 2.75) is 49.3 Å². The van der Waals surface area contributed by atoms with E-state index in [1.54, 1.807) is 4.90 Å². The molecule has 186 valence electrons. The van der Waals surface area contributed by atoms with Gasteiger partial charge in [-0.1, -0.05) is 48.5 Å². The van der Waals surface area contributed by atoms with Gasteiger partial charge < -0.3 is 19.5 Å². The summed E-state index contributed by atoms with van der Waals surface area (Å²) in [6.07, 6.45) is 1.29. The van der Waals surface area contributed by atoms with Crippen LogP contribution in [0.1, 0.15) is 48.3 Å². The Morgan fingerprint density at radius 2 is 1.58 bits per heavy atom. The SMILES string of the molecule is COc1c(F)cc(F)cc1C1(O)CC2CCC(C1)N2C(=O)OCC1c2ccccc2-c2ccccc21. The molecular formula is C29H27F2NO4. The summed E-state index contributed by atoms with van der Waals surface area (Å²) in [5.74, 6) is -1.83. The molecule has 7 heteroatoms. The Bertz CT molecular complexity index is 1280. The number of hydrogen-bond acceptors (Lipinski definition) is 4. The lowest BCUT2D eigenvalue weighted by atomic mass is 9.80. The van der Waals surface area contributed by atoms with Gasteiger partial charge in [0.25, 0.3) is 0 Å². The zero-order valence-corrected chi connectivity index (χ0v) is 19.9. The molecule has 3 aromatic carbocycles. The molecule has 1 aliphatic carbocycles. The van der Waals surface area contributed by atoms with E-state index in [-0.39, 0.29) is 48.8 Å². The zero-order chi connectivity index (χ0) is 25.0. The third-order valence-corrected chi connectivity index (χ3v) is 8.03. The van der Waals surface area contributed by atoms with Crippen LogP contribution in [0.2, 0.25) is 0 Å². The molecule has 6 rings (SSSR count). The largest absolute Gasteiger partial charge is 0.493 e. The third kappa shape index (κ3) is 3.56. The summed E-state index contributed by atoms with van der Waals surface area (Å²) in [7, 11) is 1.30. The number of benzene rings is 3. The summed E-state index contributed by atoms with van der Waals surface area (Å²) in [6.45, 7) is 0.218. The molecule has 36 heavy (non-hydrogen) atoms. The molecule has 0 saturated carbocycles. The van der Waals surface area contributed by atoms with Crippen LogP contribution < -0.4 is 4.74 Å². The number of aliphatic hydroxyl groups is 1. The molecule has 2 bridgehead atoms. The monoisotopic (exact) mass is 491 g/mol. The van der Waals surface area contributed by atoms with E-state index in [2.05, 4.69) is 24.3 Å². The van der Waals surface area contributed by atoms with Crippen LogP contribution in [0.25, 0.3) is 11.1 Å². The van der Waals surface area contributed by atoms with Crippen LogP contribution >= 0.6 is 0 Å². The van der Waals surface area contributed by atoms with E-state index in [1.807, 2.05) is 24.3 Å². The minimum absolute atomic E-state index is 0.0414. The van der Waals surface area contributed by atoms with Crippen molar-refractivity contribution < 1.29 is 28.2 Å². The Labute approximate surface area is 208 Å². The molecular weight excluding hydrogens is 464 g/mol. The molecule has 1 amide bonds. The van der Waals surface area contributed by atoms with Crippen molar-refractivity contribution in [2.75, 3.05) is 13.7 Å². The van der Waals surface area contributed by atoms with Crippen LogP contribution in [-0.2, 0) is 10.3 Å². The quantitative estimate of drug-likeness (QED) is 0.506. The van der Waals surface area contributed by atoms with Crippen molar-refractivity contribution in [2.24, 2.45) is 0 Å². The van der Waals surface area contributed by atoms with Gasteiger partial charge in [0.05, 0.1) is 12.7 Å². The molecule has 3 aliphatic rings. The van der Waals surface area contributed by atoms with Gasteiger partial charge in [0.2, 0.25) is 0 Å². The zero-order valence-electron chi connectivity index (χ0n) is 19.9. The molecule has 0 spiro atoms. The van der Waals surface area contributed by atoms with Gasteiger partial charge in [0.1, 0.15) is 12.4 Å². The first-order valence-electron chi connectivity index (χ1n) is 12.3. The molecule has 2 fully saturated rings. The van der Waals surface area contributed by atoms with Crippen molar-refractivity contribution in [3.63, 3.8) is 0 Å². The number of rotatable bonds is 4. The van der Waals surface area contributed by atoms with Crippen LogP contribution in [0.3, 0.4) is 0 Å². The van der Waals surface area contributed by atoms with E-state index >= 15 is 0 Å². The highest BCUT2D eigenvalue weighted by atomic mass is 19.1. The second-order valence-electron chi connectivity index (χ2n) is 10.0. The third-order valence-electron chi connectivity index (χ3n) is 8.03. The summed E-state index contributed by atoms with van der Waals surface area (Å²) in [4.78, 5) is 15.0. The molecule has 5 nitrogen and oxygen atoms in total. The molecule has 2 heterocycles. The van der Waals surface area contributed by atoms with Crippen molar-refractivity contribution in [1.82, 2.24) is 4.90 Å². The number of piperidine rings is 1. The van der Waals surface area contributed by atoms with Crippen molar-refractivity contribution >= 4 is 6.09 Å². The average Bonchev–Trinajstić information content (AvgIpc) is 3.34. The number of nitrogens with zero attached hydrogens (tertiary/aromatic N) is 1. The van der Waals surface area contributed by atoms with Gasteiger partial charge >= 0.3 is 6.09 Å². The Kier molecular flexibility index (Phi) is 5.48. The van der Waals surface area contributed by atoms with Gasteiger partial charge in [-0.3, -0.25) is 0 Å². The number of ether oxygens (including phenoxy) is 2. The highest BCUT2D eigenvalue weighted by Crippen LogP contribution is 2.49. The molecule has 0 radical (unpaired) electrons. The van der Waals surface area contributed by atoms with Gasteiger partial charge in [0.15, 0.2) is 11.6 Å². The smallest absolute Gasteiger partial charge is 0.410 e. The van der Waals surface area contributed by atoms with Crippen LogP contribution in [0, 0.1) is 11.6 Å². The minimum Gasteiger partial charge on any atom is -0.493 e. The normalized spacial score (nSPS) is 24.4. The topological polar surface area (TPSA) is 59.0 Å². The van der Waals surface area contributed by atoms with Gasteiger partial charge in [-0.25, -0.2) is 13.6 Å². The maximum Gasteiger partial charge on any atom is 0.410 e. The van der Waals surface area contributed by atoms with Gasteiger partial charge in [-0.2, -0.15) is 0 Å². The number of amides is 1. The fraction of sp³-hybridized carbons (Fsp3) is 0.345. The minimum atomic E-state index is -1.50. The maximum absolute atomic E-state index is 14.3. The highest BCUT2D eigenvalue weighted by Gasteiger charge is 2.52. The van der Waals surface area contributed by atoms with E-state index in [9.17, 15) is 18.7 Å². The predicted molar refractivity (Wildman–Crippen MR) is 130 cm³/mol. The molecule has 2 atom stereocenters. The number of methoxy groups -OCH3 is 1. The molecule has 1 N–H and O–H groups in total. The number of carbonyl (C=O) groups excluding carboxylic acids is 1. The molecule has 0 aromatic heterocycles. The van der Waals surface area contributed by atoms with E-state index in [0.717, 1.165) is 34.4 Å². The van der Waals surface area contributed by atoms with E-state index in [1.165, 1.54) is 7.11 Å². The number of hydrogen-bond donors (Lipinski definition) is 1. The van der Waals surface area contributed by atoms with Gasteiger partial charge in [-0.15, -0.1) is 0 Å². The number of carbonyl (C=O) groups is 1. The lowest BCUT2D eigenvalue weighted by Crippen LogP contribution is -2.52. The fourth-order valence-electron chi connectivity index (χ4n) is 6.52. The standard InChI is InChI=1S/C29H27F2NO4/c1-35-27-25(12-17(30)13-26(27)31)29(34)14-18-10-11-19(15-29)32(18)28(33)36-16-24-22-8-4-2-6-20(22)21-7-3-5-9-23(21)24/h2-9,12-13,18-19,24,34H,10-11,14-16H2,1H3. The van der Waals surface area contributed by atoms with Crippen LogP contribution in [-0.4, -0.2) is 41.9 Å². The highest BCUT2D eigenvalue weighted by molar-refractivity contribution is 5.79. The fourth-order valence-corrected chi connectivity index (χ4v) is 6.52. The Balaban J connectivity index is 1.21. The first-order chi connectivity index (χ1) is 17.4. The van der Waals surface area contributed by atoms with Crippen LogP contribution in [0.15, 0.2) is 60.7 Å². The first kappa shape index (κ1) is 23.0. The second kappa shape index (κ2) is 8.59. The first-order valence-corrected chi connectivity index (χ1v) is 12.3. The summed E-state index contributed by atoms with van der Waals surface area (Å²) in [6, 6.07) is 17.6. The van der Waals surface area contributed by atoms with Crippen LogP contribution in [0.5, 0.6) is 5.75 Å². The Morgan fingerprint density at radius 1 is 1.00 bits per heavy atom. The number of halogens is 2. The molecule has 2 aliphatic heterocycles. The number of fused-ring (bicyclic) bond motifs is 5. The van der Waals surface area contributed by atoms with Gasteiger partial charge in [-0.05, 0) is 41.2 Å². The molecule has 3 aromatic rings. The van der Waals surface area contributed by atoms with Gasteiger partial charge in [0, 0.05) is 42.5 Å². The van der Waals surface area contributed by atoms with Crippen molar-refractivity contribution in [1.29, 1.82) is 0 Å². The molecule has 2 unspecified atom stereocenters. The Morgan fingerprint density at radius 3 is 2.17 bits per heavy atom. The lowest BCUT2D eigenvalue weighted by Gasteiger charge is -2.43. The Hall–Kier alpha value is -3.45. The second-order valence-corrected chi connectivity index (χ2v) is 10.0. The predicted octanol–water partition coefficient (Wildman–Crippen LogP) is 5.74. The summed E-state index contributed by atoms with van der Waals surface area (Å²) in [5.41, 5.74) is 3.19. The maximum atomic E-state index is 14.3. The molecule has 2 saturated heterocycles. The van der Waals surface area contributed by atoms with Crippen LogP contribution in [0.4, 0.5) is 13.6 Å². The van der Waals surface area contributed by atoms with E-state index in [4.69, 9.17) is 9.47 Å². The summed E-state index contributed by atoms with van der Waals surface area (Å²) >= 11 is 0. The lowest BCUT2D eigenvalue weighted by molar-refractivity contribution is -0.0547. The van der Waals surface area contributed by atoms with Crippen molar-refractivity contribution in [3.05, 3.63) is 89.0 Å². The van der Waals surface area contributed by atoms with E-state index < -0.39 is 23.3 Å². The average molecular weight is 492 g/mol. The van der Waals surface area contributed by atoms with E-state index in [0.29, 0.717) is 12.8 Å². The van der Waals surface area contributed by atoms with Crippen molar-refractivity contribution in [3.8, 4) is 16.9 Å². The summed E-state index contributed by atoms with van der Waals surface area (Å²) in [5, 5.41) is 11.5.